The van der Waals surface area contributed by atoms with Gasteiger partial charge >= 0.3 is 12.0 Å². The van der Waals surface area contributed by atoms with Crippen molar-refractivity contribution in [2.75, 3.05) is 26.8 Å². The van der Waals surface area contributed by atoms with Crippen LogP contribution in [0.15, 0.2) is 0 Å². The first-order valence-electron chi connectivity index (χ1n) is 6.09. The maximum absolute atomic E-state index is 12.3. The summed E-state index contributed by atoms with van der Waals surface area (Å²) in [7, 11) is 1.57. The van der Waals surface area contributed by atoms with Crippen molar-refractivity contribution in [1.29, 1.82) is 0 Å². The number of aliphatic carboxylic acids is 1. The summed E-state index contributed by atoms with van der Waals surface area (Å²) < 4.78 is 4.97. The van der Waals surface area contributed by atoms with Crippen LogP contribution in [-0.2, 0) is 9.53 Å². The summed E-state index contributed by atoms with van der Waals surface area (Å²) >= 11 is 0. The molecule has 0 aromatic rings. The first kappa shape index (κ1) is 16.7. The molecule has 0 radical (unpaired) electrons. The van der Waals surface area contributed by atoms with Crippen molar-refractivity contribution in [3.8, 4) is 0 Å². The molecule has 0 atom stereocenters. The normalized spacial score (nSPS) is 10.8. The minimum atomic E-state index is -1.01. The predicted octanol–water partition coefficient (Wildman–Crippen LogP) is 1.26. The molecular weight excluding hydrogens is 236 g/mol. The van der Waals surface area contributed by atoms with Gasteiger partial charge in [0, 0.05) is 25.7 Å². The van der Waals surface area contributed by atoms with Crippen LogP contribution in [0, 0.1) is 0 Å². The third-order valence-electron chi connectivity index (χ3n) is 2.58. The molecule has 0 saturated heterocycles. The molecule has 2 amide bonds. The molecule has 0 aliphatic carbocycles. The van der Waals surface area contributed by atoms with Gasteiger partial charge in [0.2, 0.25) is 0 Å². The van der Waals surface area contributed by atoms with E-state index >= 15 is 0 Å². The first-order chi connectivity index (χ1) is 8.31. The Balaban J connectivity index is 4.82. The van der Waals surface area contributed by atoms with Gasteiger partial charge in [-0.1, -0.05) is 0 Å². The van der Waals surface area contributed by atoms with E-state index < -0.39 is 5.97 Å². The third-order valence-corrected chi connectivity index (χ3v) is 2.58. The Hall–Kier alpha value is -1.30. The van der Waals surface area contributed by atoms with Gasteiger partial charge in [0.25, 0.3) is 0 Å². The minimum Gasteiger partial charge on any atom is -0.480 e. The fourth-order valence-corrected chi connectivity index (χ4v) is 1.55. The second-order valence-electron chi connectivity index (χ2n) is 4.68. The Morgan fingerprint density at radius 3 is 1.94 bits per heavy atom. The highest BCUT2D eigenvalue weighted by Gasteiger charge is 2.26. The lowest BCUT2D eigenvalue weighted by atomic mass is 10.3. The largest absolute Gasteiger partial charge is 0.480 e. The molecule has 0 fully saturated rings. The Kier molecular flexibility index (Phi) is 7.35. The molecule has 0 aromatic carbocycles. The van der Waals surface area contributed by atoms with Crippen molar-refractivity contribution >= 4 is 12.0 Å². The Labute approximate surface area is 109 Å². The zero-order chi connectivity index (χ0) is 14.3. The lowest BCUT2D eigenvalue weighted by Gasteiger charge is -2.34. The number of amides is 2. The highest BCUT2D eigenvalue weighted by atomic mass is 16.5. The van der Waals surface area contributed by atoms with Gasteiger partial charge in [-0.2, -0.15) is 0 Å². The molecule has 0 bridgehead atoms. The predicted molar refractivity (Wildman–Crippen MR) is 68.6 cm³/mol. The van der Waals surface area contributed by atoms with E-state index in [1.165, 1.54) is 4.90 Å². The van der Waals surface area contributed by atoms with Crippen LogP contribution in [0.5, 0.6) is 0 Å². The summed E-state index contributed by atoms with van der Waals surface area (Å²) in [6.07, 6.45) is 0. The topological polar surface area (TPSA) is 70.1 Å². The summed E-state index contributed by atoms with van der Waals surface area (Å²) in [5.41, 5.74) is 0. The number of carbonyl (C=O) groups is 2. The van der Waals surface area contributed by atoms with Crippen LogP contribution >= 0.6 is 0 Å². The van der Waals surface area contributed by atoms with Crippen LogP contribution in [0.25, 0.3) is 0 Å². The van der Waals surface area contributed by atoms with Gasteiger partial charge in [0.1, 0.15) is 6.54 Å². The molecule has 0 aromatic heterocycles. The van der Waals surface area contributed by atoms with Gasteiger partial charge in [-0.15, -0.1) is 0 Å². The van der Waals surface area contributed by atoms with Gasteiger partial charge in [-0.25, -0.2) is 4.79 Å². The highest BCUT2D eigenvalue weighted by molar-refractivity contribution is 5.80. The van der Waals surface area contributed by atoms with E-state index in [9.17, 15) is 9.59 Å². The highest BCUT2D eigenvalue weighted by Crippen LogP contribution is 2.08. The molecule has 6 nitrogen and oxygen atoms in total. The average molecular weight is 260 g/mol. The smallest absolute Gasteiger partial charge is 0.323 e. The second-order valence-corrected chi connectivity index (χ2v) is 4.68. The number of hydrogen-bond donors (Lipinski definition) is 1. The van der Waals surface area contributed by atoms with Crippen molar-refractivity contribution in [3.05, 3.63) is 0 Å². The van der Waals surface area contributed by atoms with E-state index in [1.807, 2.05) is 13.8 Å². The molecule has 0 rings (SSSR count). The van der Waals surface area contributed by atoms with E-state index in [-0.39, 0.29) is 24.7 Å². The fraction of sp³-hybridized carbons (Fsp3) is 0.833. The van der Waals surface area contributed by atoms with E-state index in [4.69, 9.17) is 9.84 Å². The number of rotatable bonds is 7. The van der Waals surface area contributed by atoms with E-state index in [0.29, 0.717) is 13.2 Å². The molecule has 1 N–H and O–H groups in total. The molecule has 106 valence electrons. The maximum atomic E-state index is 12.3. The van der Waals surface area contributed by atoms with Crippen molar-refractivity contribution in [2.24, 2.45) is 0 Å². The average Bonchev–Trinajstić information content (AvgIpc) is 2.25. The van der Waals surface area contributed by atoms with Crippen molar-refractivity contribution in [2.45, 2.75) is 39.8 Å². The molecule has 18 heavy (non-hydrogen) atoms. The van der Waals surface area contributed by atoms with Gasteiger partial charge in [-0.3, -0.25) is 4.79 Å². The van der Waals surface area contributed by atoms with Crippen molar-refractivity contribution in [1.82, 2.24) is 9.80 Å². The van der Waals surface area contributed by atoms with Crippen LogP contribution in [0.2, 0.25) is 0 Å². The van der Waals surface area contributed by atoms with Gasteiger partial charge in [0.05, 0.1) is 6.61 Å². The zero-order valence-corrected chi connectivity index (χ0v) is 11.8. The van der Waals surface area contributed by atoms with Crippen molar-refractivity contribution < 1.29 is 19.4 Å². The number of methoxy groups -OCH3 is 1. The number of urea groups is 1. The maximum Gasteiger partial charge on any atom is 0.323 e. The summed E-state index contributed by atoms with van der Waals surface area (Å²) in [6, 6.07) is -0.417. The molecule has 6 heteroatoms. The molecule has 0 saturated carbocycles. The van der Waals surface area contributed by atoms with Gasteiger partial charge in [-0.05, 0) is 27.7 Å². The summed E-state index contributed by atoms with van der Waals surface area (Å²) in [5.74, 6) is -1.01. The first-order valence-corrected chi connectivity index (χ1v) is 6.09. The number of ether oxygens (including phenoxy) is 1. The second kappa shape index (κ2) is 7.92. The van der Waals surface area contributed by atoms with Gasteiger partial charge in [0.15, 0.2) is 0 Å². The Bertz CT molecular complexity index is 279. The van der Waals surface area contributed by atoms with Crippen LogP contribution in [0.1, 0.15) is 27.7 Å². The number of carbonyl (C=O) groups excluding carboxylic acids is 1. The minimum absolute atomic E-state index is 0.00250. The lowest BCUT2D eigenvalue weighted by molar-refractivity contribution is -0.138. The number of carboxylic acids is 1. The number of carboxylic acid groups (broad SMARTS) is 1. The van der Waals surface area contributed by atoms with E-state index in [2.05, 4.69) is 0 Å². The SMILES string of the molecule is COCCN(C(=O)N(CC(=O)O)C(C)C)C(C)C. The fourth-order valence-electron chi connectivity index (χ4n) is 1.55. The monoisotopic (exact) mass is 260 g/mol. The molecule has 0 aliphatic rings. The van der Waals surface area contributed by atoms with Crippen LogP contribution < -0.4 is 0 Å². The zero-order valence-electron chi connectivity index (χ0n) is 11.8. The van der Waals surface area contributed by atoms with E-state index in [1.54, 1.807) is 25.9 Å². The van der Waals surface area contributed by atoms with Crippen LogP contribution in [-0.4, -0.2) is 65.8 Å². The number of hydrogen-bond acceptors (Lipinski definition) is 3. The third kappa shape index (κ3) is 5.35. The molecular formula is C12H24N2O4. The molecule has 0 heterocycles. The summed E-state index contributed by atoms with van der Waals surface area (Å²) in [6.45, 7) is 8.00. The summed E-state index contributed by atoms with van der Waals surface area (Å²) in [5, 5.41) is 8.84. The Morgan fingerprint density at radius 2 is 1.61 bits per heavy atom. The molecule has 0 spiro atoms. The standard InChI is InChI=1S/C12H24N2O4/c1-9(2)13(6-7-18-5)12(17)14(10(3)4)8-11(15)16/h9-10H,6-8H2,1-5H3,(H,15,16). The molecule has 0 unspecified atom stereocenters. The lowest BCUT2D eigenvalue weighted by Crippen LogP contribution is -2.51. The quantitative estimate of drug-likeness (QED) is 0.748. The Morgan fingerprint density at radius 1 is 1.11 bits per heavy atom. The summed E-state index contributed by atoms with van der Waals surface area (Å²) in [4.78, 5) is 26.1. The van der Waals surface area contributed by atoms with Crippen LogP contribution in [0.3, 0.4) is 0 Å². The van der Waals surface area contributed by atoms with Gasteiger partial charge < -0.3 is 19.6 Å². The van der Waals surface area contributed by atoms with E-state index in [0.717, 1.165) is 0 Å². The van der Waals surface area contributed by atoms with Crippen molar-refractivity contribution in [3.63, 3.8) is 0 Å². The number of nitrogens with zero attached hydrogens (tertiary/aromatic N) is 2. The van der Waals surface area contributed by atoms with Crippen LogP contribution in [0.4, 0.5) is 4.79 Å². The molecule has 0 aliphatic heterocycles.